The first-order valence-electron chi connectivity index (χ1n) is 5.59. The van der Waals surface area contributed by atoms with E-state index in [1.165, 1.54) is 22.8 Å². The third kappa shape index (κ3) is 3.19. The Morgan fingerprint density at radius 1 is 1.42 bits per heavy atom. The molecule has 0 fully saturated rings. The van der Waals surface area contributed by atoms with Gasteiger partial charge in [-0.25, -0.2) is 0 Å². The molecule has 0 unspecified atom stereocenters. The summed E-state index contributed by atoms with van der Waals surface area (Å²) in [5.41, 5.74) is 1.64. The van der Waals surface area contributed by atoms with Crippen molar-refractivity contribution in [1.82, 2.24) is 4.57 Å². The fourth-order valence-electron chi connectivity index (χ4n) is 1.57. The van der Waals surface area contributed by atoms with E-state index >= 15 is 0 Å². The van der Waals surface area contributed by atoms with Gasteiger partial charge in [-0.3, -0.25) is 9.36 Å². The summed E-state index contributed by atoms with van der Waals surface area (Å²) >= 11 is 7.37. The lowest BCUT2D eigenvalue weighted by molar-refractivity contribution is 0.0931. The zero-order chi connectivity index (χ0) is 13.8. The number of aryl methyl sites for hydroxylation is 1. The summed E-state index contributed by atoms with van der Waals surface area (Å²) in [6, 6.07) is 7.36. The lowest BCUT2D eigenvalue weighted by Gasteiger charge is -1.97. The SMILES string of the molecule is CC(=O)n1c(C)cs/c1=N/N=C/c1ccccc1Cl. The molecule has 0 saturated carbocycles. The van der Waals surface area contributed by atoms with E-state index in [2.05, 4.69) is 10.2 Å². The van der Waals surface area contributed by atoms with Crippen molar-refractivity contribution in [2.75, 3.05) is 0 Å². The van der Waals surface area contributed by atoms with Crippen molar-refractivity contribution in [3.8, 4) is 0 Å². The Balaban J connectivity index is 2.34. The summed E-state index contributed by atoms with van der Waals surface area (Å²) in [6.07, 6.45) is 1.57. The number of rotatable bonds is 2. The Bertz CT molecular complexity index is 700. The van der Waals surface area contributed by atoms with Crippen LogP contribution in [0.3, 0.4) is 0 Å². The second-order valence-electron chi connectivity index (χ2n) is 3.88. The molecule has 19 heavy (non-hydrogen) atoms. The van der Waals surface area contributed by atoms with Crippen LogP contribution in [0.1, 0.15) is 23.0 Å². The van der Waals surface area contributed by atoms with Crippen LogP contribution in [-0.2, 0) is 0 Å². The van der Waals surface area contributed by atoms with Gasteiger partial charge in [0.1, 0.15) is 0 Å². The largest absolute Gasteiger partial charge is 0.274 e. The van der Waals surface area contributed by atoms with Gasteiger partial charge < -0.3 is 0 Å². The predicted octanol–water partition coefficient (Wildman–Crippen LogP) is 3.11. The standard InChI is InChI=1S/C13H12ClN3OS/c1-9-8-19-13(17(9)10(2)18)16-15-7-11-5-3-4-6-12(11)14/h3-8H,1-2H3/b15-7+,16-13+. The zero-order valence-electron chi connectivity index (χ0n) is 10.5. The van der Waals surface area contributed by atoms with E-state index in [-0.39, 0.29) is 5.91 Å². The van der Waals surface area contributed by atoms with Crippen molar-refractivity contribution in [2.24, 2.45) is 10.2 Å². The van der Waals surface area contributed by atoms with Crippen molar-refractivity contribution in [1.29, 1.82) is 0 Å². The number of halogens is 1. The molecule has 0 aliphatic carbocycles. The van der Waals surface area contributed by atoms with Crippen molar-refractivity contribution in [3.63, 3.8) is 0 Å². The summed E-state index contributed by atoms with van der Waals surface area (Å²) in [4.78, 5) is 12.0. The van der Waals surface area contributed by atoms with Crippen LogP contribution >= 0.6 is 22.9 Å². The molecule has 0 amide bonds. The molecule has 1 aromatic carbocycles. The summed E-state index contributed by atoms with van der Waals surface area (Å²) in [6.45, 7) is 3.35. The number of carbonyl (C=O) groups excluding carboxylic acids is 1. The van der Waals surface area contributed by atoms with Gasteiger partial charge in [-0.15, -0.1) is 16.4 Å². The van der Waals surface area contributed by atoms with E-state index in [1.54, 1.807) is 12.3 Å². The molecule has 0 bridgehead atoms. The number of nitrogens with zero attached hydrogens (tertiary/aromatic N) is 3. The fraction of sp³-hybridized carbons (Fsp3) is 0.154. The molecule has 0 spiro atoms. The topological polar surface area (TPSA) is 46.7 Å². The van der Waals surface area contributed by atoms with E-state index < -0.39 is 0 Å². The minimum absolute atomic E-state index is 0.0783. The first-order chi connectivity index (χ1) is 9.09. The molecular formula is C13H12ClN3OS. The Morgan fingerprint density at radius 2 is 2.16 bits per heavy atom. The maximum Gasteiger partial charge on any atom is 0.230 e. The zero-order valence-corrected chi connectivity index (χ0v) is 12.1. The van der Waals surface area contributed by atoms with Crippen molar-refractivity contribution < 1.29 is 4.79 Å². The van der Waals surface area contributed by atoms with Gasteiger partial charge in [0.05, 0.1) is 6.21 Å². The number of hydrogen-bond acceptors (Lipinski definition) is 4. The highest BCUT2D eigenvalue weighted by atomic mass is 35.5. The van der Waals surface area contributed by atoms with Crippen LogP contribution in [0.2, 0.25) is 5.02 Å². The molecule has 0 aliphatic heterocycles. The summed E-state index contributed by atoms with van der Waals surface area (Å²) in [5, 5.41) is 10.5. The van der Waals surface area contributed by atoms with Gasteiger partial charge in [0.15, 0.2) is 0 Å². The van der Waals surface area contributed by atoms with Crippen LogP contribution < -0.4 is 4.80 Å². The van der Waals surface area contributed by atoms with Gasteiger partial charge >= 0.3 is 0 Å². The normalized spacial score (nSPS) is 12.3. The van der Waals surface area contributed by atoms with Crippen molar-refractivity contribution in [2.45, 2.75) is 13.8 Å². The average molecular weight is 294 g/mol. The minimum atomic E-state index is -0.0783. The third-order valence-corrected chi connectivity index (χ3v) is 3.72. The van der Waals surface area contributed by atoms with Crippen molar-refractivity contribution >= 4 is 35.1 Å². The summed E-state index contributed by atoms with van der Waals surface area (Å²) in [7, 11) is 0. The van der Waals surface area contributed by atoms with E-state index in [0.717, 1.165) is 11.3 Å². The van der Waals surface area contributed by atoms with Crippen LogP contribution in [0.15, 0.2) is 39.8 Å². The van der Waals surface area contributed by atoms with Crippen LogP contribution in [0.25, 0.3) is 0 Å². The first-order valence-corrected chi connectivity index (χ1v) is 6.85. The maximum absolute atomic E-state index is 11.5. The third-order valence-electron chi connectivity index (χ3n) is 2.44. The summed E-state index contributed by atoms with van der Waals surface area (Å²) < 4.78 is 1.52. The minimum Gasteiger partial charge on any atom is -0.274 e. The Morgan fingerprint density at radius 3 is 2.84 bits per heavy atom. The van der Waals surface area contributed by atoms with Gasteiger partial charge in [0, 0.05) is 28.6 Å². The monoisotopic (exact) mass is 293 g/mol. The maximum atomic E-state index is 11.5. The number of thiazole rings is 1. The Kier molecular flexibility index (Phi) is 4.29. The first kappa shape index (κ1) is 13.7. The Hall–Kier alpha value is -1.72. The van der Waals surface area contributed by atoms with Crippen LogP contribution in [-0.4, -0.2) is 16.7 Å². The van der Waals surface area contributed by atoms with Crippen LogP contribution in [0, 0.1) is 6.92 Å². The van der Waals surface area contributed by atoms with Gasteiger partial charge in [-0.1, -0.05) is 29.8 Å². The van der Waals surface area contributed by atoms with Gasteiger partial charge in [0.25, 0.3) is 0 Å². The summed E-state index contributed by atoms with van der Waals surface area (Å²) in [5.74, 6) is -0.0783. The quantitative estimate of drug-likeness (QED) is 0.620. The number of carbonyl (C=O) groups is 1. The number of benzene rings is 1. The lowest BCUT2D eigenvalue weighted by atomic mass is 10.2. The number of aromatic nitrogens is 1. The van der Waals surface area contributed by atoms with Gasteiger partial charge in [-0.2, -0.15) is 5.10 Å². The number of hydrogen-bond donors (Lipinski definition) is 0. The Labute approximate surface area is 119 Å². The molecule has 2 aromatic rings. The smallest absolute Gasteiger partial charge is 0.230 e. The fourth-order valence-corrected chi connectivity index (χ4v) is 2.60. The molecule has 4 nitrogen and oxygen atoms in total. The van der Waals surface area contributed by atoms with Crippen LogP contribution in [0.5, 0.6) is 0 Å². The molecule has 0 atom stereocenters. The van der Waals surface area contributed by atoms with Crippen molar-refractivity contribution in [3.05, 3.63) is 50.7 Å². The molecule has 1 aromatic heterocycles. The van der Waals surface area contributed by atoms with E-state index in [4.69, 9.17) is 11.6 Å². The predicted molar refractivity (Wildman–Crippen MR) is 78.0 cm³/mol. The molecule has 0 aliphatic rings. The second-order valence-corrected chi connectivity index (χ2v) is 5.12. The molecule has 98 valence electrons. The molecule has 6 heteroatoms. The van der Waals surface area contributed by atoms with Gasteiger partial charge in [-0.05, 0) is 13.0 Å². The average Bonchev–Trinajstić information content (AvgIpc) is 2.73. The molecule has 1 heterocycles. The molecular weight excluding hydrogens is 282 g/mol. The highest BCUT2D eigenvalue weighted by Gasteiger charge is 2.04. The molecule has 0 radical (unpaired) electrons. The molecule has 0 saturated heterocycles. The van der Waals surface area contributed by atoms with Crippen LogP contribution in [0.4, 0.5) is 0 Å². The highest BCUT2D eigenvalue weighted by molar-refractivity contribution is 7.07. The lowest BCUT2D eigenvalue weighted by Crippen LogP contribution is -2.21. The van der Waals surface area contributed by atoms with E-state index in [9.17, 15) is 4.79 Å². The molecule has 0 N–H and O–H groups in total. The van der Waals surface area contributed by atoms with Gasteiger partial charge in [0.2, 0.25) is 10.7 Å². The van der Waals surface area contributed by atoms with E-state index in [1.807, 2.05) is 30.5 Å². The molecule has 2 rings (SSSR count). The second kappa shape index (κ2) is 5.95. The van der Waals surface area contributed by atoms with E-state index in [0.29, 0.717) is 9.82 Å². The highest BCUT2D eigenvalue weighted by Crippen LogP contribution is 2.12.